The van der Waals surface area contributed by atoms with Crippen molar-refractivity contribution in [2.45, 2.75) is 13.8 Å². The number of rotatable bonds is 0. The van der Waals surface area contributed by atoms with Crippen molar-refractivity contribution in [2.24, 2.45) is 0 Å². The Morgan fingerprint density at radius 2 is 1.79 bits per heavy atom. The van der Waals surface area contributed by atoms with Crippen molar-refractivity contribution in [1.29, 1.82) is 0 Å². The Hall–Kier alpha value is -2.53. The van der Waals surface area contributed by atoms with Gasteiger partial charge in [0, 0.05) is 5.56 Å². The molecule has 0 fully saturated rings. The predicted octanol–water partition coefficient (Wildman–Crippen LogP) is 3.84. The minimum Gasteiger partial charge on any atom is -0.430 e. The summed E-state index contributed by atoms with van der Waals surface area (Å²) in [5, 5.41) is 0. The number of hydrogen-bond donors (Lipinski definition) is 0. The molecule has 0 aliphatic heterocycles. The minimum absolute atomic E-state index is 0.460. The zero-order chi connectivity index (χ0) is 13.2. The van der Waals surface area contributed by atoms with E-state index in [-0.39, 0.29) is 0 Å². The van der Waals surface area contributed by atoms with Crippen molar-refractivity contribution in [2.75, 3.05) is 0 Å². The first kappa shape index (κ1) is 11.6. The third kappa shape index (κ3) is 2.51. The fourth-order valence-electron chi connectivity index (χ4n) is 1.93. The van der Waals surface area contributed by atoms with Crippen LogP contribution in [0.25, 0.3) is 11.1 Å². The minimum atomic E-state index is 0.460. The fourth-order valence-corrected chi connectivity index (χ4v) is 1.93. The summed E-state index contributed by atoms with van der Waals surface area (Å²) in [4.78, 5) is 4.35. The van der Waals surface area contributed by atoms with E-state index in [4.69, 9.17) is 4.42 Å². The van der Waals surface area contributed by atoms with Gasteiger partial charge in [-0.1, -0.05) is 24.1 Å². The van der Waals surface area contributed by atoms with Crippen LogP contribution in [0.15, 0.2) is 46.9 Å². The van der Waals surface area contributed by atoms with E-state index in [1.807, 2.05) is 56.3 Å². The zero-order valence-corrected chi connectivity index (χ0v) is 10.9. The van der Waals surface area contributed by atoms with Crippen LogP contribution >= 0.6 is 0 Å². The number of benzene rings is 2. The monoisotopic (exact) mass is 247 g/mol. The van der Waals surface area contributed by atoms with Gasteiger partial charge in [0.15, 0.2) is 5.58 Å². The largest absolute Gasteiger partial charge is 0.430 e. The molecule has 0 spiro atoms. The summed E-state index contributed by atoms with van der Waals surface area (Å²) in [6.45, 7) is 4.08. The predicted molar refractivity (Wildman–Crippen MR) is 75.9 cm³/mol. The Bertz CT molecular complexity index is 803. The number of oxazole rings is 1. The van der Waals surface area contributed by atoms with E-state index in [1.165, 1.54) is 5.56 Å². The van der Waals surface area contributed by atoms with Crippen molar-refractivity contribution < 1.29 is 4.42 Å². The molecule has 1 aromatic heterocycles. The summed E-state index contributed by atoms with van der Waals surface area (Å²) in [5.41, 5.74) is 4.95. The highest BCUT2D eigenvalue weighted by atomic mass is 16.3. The normalized spacial score (nSPS) is 10.2. The highest BCUT2D eigenvalue weighted by Crippen LogP contribution is 2.16. The molecule has 1 heterocycles. The van der Waals surface area contributed by atoms with Crippen molar-refractivity contribution in [3.05, 3.63) is 65.0 Å². The van der Waals surface area contributed by atoms with Crippen LogP contribution in [-0.2, 0) is 0 Å². The van der Waals surface area contributed by atoms with E-state index in [0.717, 1.165) is 22.2 Å². The molecule has 0 saturated heterocycles. The van der Waals surface area contributed by atoms with E-state index in [9.17, 15) is 0 Å². The summed E-state index contributed by atoms with van der Waals surface area (Å²) in [6, 6.07) is 14.0. The lowest BCUT2D eigenvalue weighted by Crippen LogP contribution is -1.77. The molecular weight excluding hydrogens is 234 g/mol. The van der Waals surface area contributed by atoms with Crippen LogP contribution in [-0.4, -0.2) is 4.98 Å². The highest BCUT2D eigenvalue weighted by Gasteiger charge is 2.02. The van der Waals surface area contributed by atoms with Gasteiger partial charge in [0.2, 0.25) is 0 Å². The molecule has 2 aromatic carbocycles. The molecule has 0 bridgehead atoms. The van der Waals surface area contributed by atoms with E-state index >= 15 is 0 Å². The van der Waals surface area contributed by atoms with Gasteiger partial charge in [-0.25, -0.2) is 4.98 Å². The summed E-state index contributed by atoms with van der Waals surface area (Å²) >= 11 is 0. The second-order valence-electron chi connectivity index (χ2n) is 4.61. The second-order valence-corrected chi connectivity index (χ2v) is 4.61. The first-order valence-corrected chi connectivity index (χ1v) is 6.16. The highest BCUT2D eigenvalue weighted by molar-refractivity contribution is 5.73. The van der Waals surface area contributed by atoms with Gasteiger partial charge in [-0.15, -0.1) is 0 Å². The molecule has 0 atom stereocenters. The Morgan fingerprint density at radius 3 is 2.63 bits per heavy atom. The first-order valence-electron chi connectivity index (χ1n) is 6.16. The maximum absolute atomic E-state index is 5.62. The molecule has 0 aliphatic rings. The molecule has 0 radical (unpaired) electrons. The van der Waals surface area contributed by atoms with E-state index in [1.54, 1.807) is 0 Å². The van der Waals surface area contributed by atoms with Crippen LogP contribution in [0, 0.1) is 25.7 Å². The van der Waals surface area contributed by atoms with Crippen LogP contribution in [0.2, 0.25) is 0 Å². The van der Waals surface area contributed by atoms with Gasteiger partial charge in [-0.3, -0.25) is 0 Å². The lowest BCUT2D eigenvalue weighted by Gasteiger charge is -1.91. The van der Waals surface area contributed by atoms with Gasteiger partial charge in [0.05, 0.1) is 0 Å². The zero-order valence-electron chi connectivity index (χ0n) is 10.9. The van der Waals surface area contributed by atoms with E-state index in [0.29, 0.717) is 5.89 Å². The Kier molecular flexibility index (Phi) is 2.81. The average molecular weight is 247 g/mol. The van der Waals surface area contributed by atoms with Gasteiger partial charge in [-0.2, -0.15) is 0 Å². The van der Waals surface area contributed by atoms with Crippen molar-refractivity contribution in [3.8, 4) is 11.8 Å². The molecule has 0 N–H and O–H groups in total. The standard InChI is InChI=1S/C17H13NO/c1-12-4-3-5-14(10-12)7-9-17-18-15-8-6-13(2)11-16(15)19-17/h3-6,8,10-11H,1-2H3. The SMILES string of the molecule is Cc1cccc(C#Cc2nc3ccc(C)cc3o2)c1. The van der Waals surface area contributed by atoms with Gasteiger partial charge in [0.1, 0.15) is 5.52 Å². The van der Waals surface area contributed by atoms with Gasteiger partial charge in [-0.05, 0) is 55.2 Å². The average Bonchev–Trinajstić information content (AvgIpc) is 2.78. The summed E-state index contributed by atoms with van der Waals surface area (Å²) in [5.74, 6) is 6.50. The van der Waals surface area contributed by atoms with Crippen molar-refractivity contribution in [3.63, 3.8) is 0 Å². The summed E-state index contributed by atoms with van der Waals surface area (Å²) in [6.07, 6.45) is 0. The third-order valence-corrected chi connectivity index (χ3v) is 2.88. The Balaban J connectivity index is 1.98. The molecule has 0 aliphatic carbocycles. The molecule has 92 valence electrons. The van der Waals surface area contributed by atoms with Crippen molar-refractivity contribution >= 4 is 11.1 Å². The Labute approximate surface area is 112 Å². The lowest BCUT2D eigenvalue weighted by molar-refractivity contribution is 0.586. The van der Waals surface area contributed by atoms with Crippen LogP contribution in [0.5, 0.6) is 0 Å². The van der Waals surface area contributed by atoms with E-state index in [2.05, 4.69) is 16.8 Å². The molecule has 2 heteroatoms. The maximum Gasteiger partial charge on any atom is 0.274 e. The number of fused-ring (bicyclic) bond motifs is 1. The number of nitrogens with zero attached hydrogens (tertiary/aromatic N) is 1. The van der Waals surface area contributed by atoms with Crippen LogP contribution in [0.3, 0.4) is 0 Å². The van der Waals surface area contributed by atoms with Crippen LogP contribution in [0.1, 0.15) is 22.6 Å². The van der Waals surface area contributed by atoms with Crippen LogP contribution < -0.4 is 0 Å². The molecule has 0 unspecified atom stereocenters. The smallest absolute Gasteiger partial charge is 0.274 e. The maximum atomic E-state index is 5.62. The van der Waals surface area contributed by atoms with Crippen molar-refractivity contribution in [1.82, 2.24) is 4.98 Å². The fraction of sp³-hybridized carbons (Fsp3) is 0.118. The molecule has 0 amide bonds. The number of aryl methyl sites for hydroxylation is 2. The summed E-state index contributed by atoms with van der Waals surface area (Å²) in [7, 11) is 0. The van der Waals surface area contributed by atoms with E-state index < -0.39 is 0 Å². The lowest BCUT2D eigenvalue weighted by atomic mass is 10.1. The first-order chi connectivity index (χ1) is 9.20. The number of aromatic nitrogens is 1. The molecular formula is C17H13NO. The van der Waals surface area contributed by atoms with Crippen LogP contribution in [0.4, 0.5) is 0 Å². The third-order valence-electron chi connectivity index (χ3n) is 2.88. The number of hydrogen-bond acceptors (Lipinski definition) is 2. The topological polar surface area (TPSA) is 26.0 Å². The molecule has 2 nitrogen and oxygen atoms in total. The van der Waals surface area contributed by atoms with Gasteiger partial charge in [0.25, 0.3) is 5.89 Å². The van der Waals surface area contributed by atoms with Gasteiger partial charge >= 0.3 is 0 Å². The Morgan fingerprint density at radius 1 is 0.947 bits per heavy atom. The second kappa shape index (κ2) is 4.62. The molecule has 0 saturated carbocycles. The summed E-state index contributed by atoms with van der Waals surface area (Å²) < 4.78 is 5.62. The quantitative estimate of drug-likeness (QED) is 0.564. The molecule has 19 heavy (non-hydrogen) atoms. The van der Waals surface area contributed by atoms with Gasteiger partial charge < -0.3 is 4.42 Å². The molecule has 3 rings (SSSR count). The molecule has 3 aromatic rings.